The Kier molecular flexibility index (Phi) is 3.29. The van der Waals surface area contributed by atoms with E-state index < -0.39 is 0 Å². The minimum absolute atomic E-state index is 0.0747. The molecule has 15 heavy (non-hydrogen) atoms. The molecule has 0 aliphatic heterocycles. The highest BCUT2D eigenvalue weighted by molar-refractivity contribution is 5.72. The normalized spacial score (nSPS) is 33.5. The van der Waals surface area contributed by atoms with Crippen LogP contribution in [0.25, 0.3) is 0 Å². The van der Waals surface area contributed by atoms with Crippen LogP contribution in [0.5, 0.6) is 0 Å². The molecule has 0 saturated heterocycles. The maximum atomic E-state index is 11.3. The highest BCUT2D eigenvalue weighted by Gasteiger charge is 2.37. The summed E-state index contributed by atoms with van der Waals surface area (Å²) in [6.45, 7) is 0. The van der Waals surface area contributed by atoms with Crippen molar-refractivity contribution in [3.05, 3.63) is 0 Å². The van der Waals surface area contributed by atoms with Crippen LogP contribution in [0.2, 0.25) is 0 Å². The summed E-state index contributed by atoms with van der Waals surface area (Å²) in [4.78, 5) is 11.3. The molecular weight excluding hydrogens is 192 g/mol. The Hall–Kier alpha value is -0.570. The van der Waals surface area contributed by atoms with Crippen LogP contribution >= 0.6 is 0 Å². The van der Waals surface area contributed by atoms with Gasteiger partial charge in [-0.2, -0.15) is 0 Å². The highest BCUT2D eigenvalue weighted by Crippen LogP contribution is 2.41. The predicted octanol–water partition coefficient (Wildman–Crippen LogP) is 1.74. The Bertz CT molecular complexity index is 227. The molecule has 2 rings (SSSR count). The van der Waals surface area contributed by atoms with Crippen LogP contribution in [0.15, 0.2) is 0 Å². The first-order valence-corrected chi connectivity index (χ1v) is 5.98. The number of hydrogen-bond acceptors (Lipinski definition) is 3. The van der Waals surface area contributed by atoms with Gasteiger partial charge in [0.1, 0.15) is 0 Å². The Morgan fingerprint density at radius 3 is 2.00 bits per heavy atom. The molecule has 0 amide bonds. The number of methoxy groups -OCH3 is 1. The molecule has 0 aromatic carbocycles. The van der Waals surface area contributed by atoms with Gasteiger partial charge in [0.15, 0.2) is 0 Å². The van der Waals surface area contributed by atoms with Crippen LogP contribution in [-0.2, 0) is 9.53 Å². The lowest BCUT2D eigenvalue weighted by Crippen LogP contribution is -2.30. The van der Waals surface area contributed by atoms with E-state index in [9.17, 15) is 9.90 Å². The Morgan fingerprint density at radius 1 is 1.13 bits per heavy atom. The van der Waals surface area contributed by atoms with E-state index in [-0.39, 0.29) is 18.0 Å². The number of carbonyl (C=O) groups excluding carboxylic acids is 1. The van der Waals surface area contributed by atoms with Gasteiger partial charge >= 0.3 is 5.97 Å². The van der Waals surface area contributed by atoms with E-state index in [0.717, 1.165) is 25.7 Å². The third-order valence-electron chi connectivity index (χ3n) is 3.89. The highest BCUT2D eigenvalue weighted by atomic mass is 16.5. The molecule has 3 heteroatoms. The van der Waals surface area contributed by atoms with Crippen molar-refractivity contribution < 1.29 is 14.6 Å². The fraction of sp³-hybridized carbons (Fsp3) is 0.917. The van der Waals surface area contributed by atoms with Crippen molar-refractivity contribution in [1.82, 2.24) is 0 Å². The molecule has 1 N–H and O–H groups in total. The number of hydrogen-bond donors (Lipinski definition) is 1. The second-order valence-electron chi connectivity index (χ2n) is 4.96. The smallest absolute Gasteiger partial charge is 0.308 e. The van der Waals surface area contributed by atoms with Crippen molar-refractivity contribution >= 4 is 5.97 Å². The fourth-order valence-corrected chi connectivity index (χ4v) is 2.69. The molecule has 3 nitrogen and oxygen atoms in total. The van der Waals surface area contributed by atoms with Crippen molar-refractivity contribution in [2.45, 2.75) is 44.6 Å². The minimum Gasteiger partial charge on any atom is -0.469 e. The van der Waals surface area contributed by atoms with Crippen LogP contribution in [0.3, 0.4) is 0 Å². The number of aliphatic hydroxyl groups excluding tert-OH is 1. The van der Waals surface area contributed by atoms with Crippen LogP contribution < -0.4 is 0 Å². The lowest BCUT2D eigenvalue weighted by molar-refractivity contribution is -0.147. The number of carbonyl (C=O) groups is 1. The first-order chi connectivity index (χ1) is 7.22. The standard InChI is InChI=1S/C12H20O3/c1-15-12(14)10-6-4-9(5-7-10)11(13)8-2-3-8/h8-11,13H,2-7H2,1H3/t9?,10?,11-/m0/s1. The van der Waals surface area contributed by atoms with Gasteiger partial charge in [-0.15, -0.1) is 0 Å². The van der Waals surface area contributed by atoms with E-state index in [0.29, 0.717) is 11.8 Å². The Labute approximate surface area is 90.8 Å². The van der Waals surface area contributed by atoms with Crippen LogP contribution in [0, 0.1) is 17.8 Å². The molecule has 2 aliphatic carbocycles. The van der Waals surface area contributed by atoms with Gasteiger partial charge in [0.25, 0.3) is 0 Å². The van der Waals surface area contributed by atoms with E-state index in [1.807, 2.05) is 0 Å². The summed E-state index contributed by atoms with van der Waals surface area (Å²) >= 11 is 0. The van der Waals surface area contributed by atoms with Crippen molar-refractivity contribution in [3.63, 3.8) is 0 Å². The monoisotopic (exact) mass is 212 g/mol. The van der Waals surface area contributed by atoms with Gasteiger partial charge in [-0.05, 0) is 50.4 Å². The largest absolute Gasteiger partial charge is 0.469 e. The maximum Gasteiger partial charge on any atom is 0.308 e. The maximum absolute atomic E-state index is 11.3. The molecule has 0 spiro atoms. The average molecular weight is 212 g/mol. The van der Waals surface area contributed by atoms with Gasteiger partial charge in [0.2, 0.25) is 0 Å². The lowest BCUT2D eigenvalue weighted by Gasteiger charge is -2.30. The molecule has 0 radical (unpaired) electrons. The van der Waals surface area contributed by atoms with E-state index in [1.165, 1.54) is 20.0 Å². The second-order valence-corrected chi connectivity index (χ2v) is 4.96. The molecule has 0 aromatic heterocycles. The molecule has 2 saturated carbocycles. The van der Waals surface area contributed by atoms with E-state index in [2.05, 4.69) is 0 Å². The molecular formula is C12H20O3. The van der Waals surface area contributed by atoms with Crippen LogP contribution in [0.4, 0.5) is 0 Å². The van der Waals surface area contributed by atoms with E-state index in [1.54, 1.807) is 0 Å². The van der Waals surface area contributed by atoms with E-state index in [4.69, 9.17) is 4.74 Å². The summed E-state index contributed by atoms with van der Waals surface area (Å²) in [6.07, 6.45) is 6.02. The van der Waals surface area contributed by atoms with Crippen molar-refractivity contribution in [2.75, 3.05) is 7.11 Å². The predicted molar refractivity (Wildman–Crippen MR) is 56.2 cm³/mol. The van der Waals surface area contributed by atoms with Gasteiger partial charge < -0.3 is 9.84 Å². The zero-order valence-corrected chi connectivity index (χ0v) is 9.32. The first kappa shape index (κ1) is 10.9. The zero-order valence-electron chi connectivity index (χ0n) is 9.32. The molecule has 2 fully saturated rings. The number of rotatable bonds is 3. The Balaban J connectivity index is 1.78. The van der Waals surface area contributed by atoms with Crippen molar-refractivity contribution in [3.8, 4) is 0 Å². The van der Waals surface area contributed by atoms with Gasteiger partial charge in [0, 0.05) is 0 Å². The SMILES string of the molecule is COC(=O)C1CCC([C@@H](O)C2CC2)CC1. The molecule has 0 aromatic rings. The van der Waals surface area contributed by atoms with Gasteiger partial charge in [-0.3, -0.25) is 4.79 Å². The van der Waals surface area contributed by atoms with Crippen LogP contribution in [0.1, 0.15) is 38.5 Å². The number of esters is 1. The lowest BCUT2D eigenvalue weighted by atomic mass is 9.78. The number of aliphatic hydroxyl groups is 1. The van der Waals surface area contributed by atoms with Crippen molar-refractivity contribution in [1.29, 1.82) is 0 Å². The third kappa shape index (κ3) is 2.51. The summed E-state index contributed by atoms with van der Waals surface area (Å²) in [7, 11) is 1.45. The Morgan fingerprint density at radius 2 is 1.60 bits per heavy atom. The topological polar surface area (TPSA) is 46.5 Å². The zero-order chi connectivity index (χ0) is 10.8. The van der Waals surface area contributed by atoms with Gasteiger partial charge in [0.05, 0.1) is 19.1 Å². The van der Waals surface area contributed by atoms with E-state index >= 15 is 0 Å². The quantitative estimate of drug-likeness (QED) is 0.725. The van der Waals surface area contributed by atoms with Gasteiger partial charge in [-0.25, -0.2) is 0 Å². The molecule has 86 valence electrons. The summed E-state index contributed by atoms with van der Waals surface area (Å²) in [5.41, 5.74) is 0. The fourth-order valence-electron chi connectivity index (χ4n) is 2.69. The first-order valence-electron chi connectivity index (χ1n) is 5.98. The molecule has 1 atom stereocenters. The van der Waals surface area contributed by atoms with Crippen molar-refractivity contribution in [2.24, 2.45) is 17.8 Å². The number of ether oxygens (including phenoxy) is 1. The summed E-state index contributed by atoms with van der Waals surface area (Å²) in [5.74, 6) is 0.995. The second kappa shape index (κ2) is 4.52. The summed E-state index contributed by atoms with van der Waals surface area (Å²) in [6, 6.07) is 0. The molecule has 0 heterocycles. The molecule has 0 bridgehead atoms. The third-order valence-corrected chi connectivity index (χ3v) is 3.89. The molecule has 0 unspecified atom stereocenters. The average Bonchev–Trinajstić information content (AvgIpc) is 3.11. The summed E-state index contributed by atoms with van der Waals surface area (Å²) < 4.78 is 4.74. The summed E-state index contributed by atoms with van der Waals surface area (Å²) in [5, 5.41) is 9.98. The van der Waals surface area contributed by atoms with Gasteiger partial charge in [-0.1, -0.05) is 0 Å². The minimum atomic E-state index is -0.108. The molecule has 2 aliphatic rings. The van der Waals surface area contributed by atoms with Crippen LogP contribution in [-0.4, -0.2) is 24.3 Å².